The number of ether oxygens (including phenoxy) is 1. The number of nitrogens with zero attached hydrogens (tertiary/aromatic N) is 2. The highest BCUT2D eigenvalue weighted by Crippen LogP contribution is 2.26. The van der Waals surface area contributed by atoms with Crippen molar-refractivity contribution < 1.29 is 14.6 Å². The van der Waals surface area contributed by atoms with Crippen molar-refractivity contribution in [3.63, 3.8) is 0 Å². The van der Waals surface area contributed by atoms with Crippen molar-refractivity contribution in [2.45, 2.75) is 38.3 Å². The Bertz CT molecular complexity index is 303. The van der Waals surface area contributed by atoms with Gasteiger partial charge in [-0.25, -0.2) is 0 Å². The largest absolute Gasteiger partial charge is 0.481 e. The van der Waals surface area contributed by atoms with Gasteiger partial charge in [0.2, 0.25) is 0 Å². The van der Waals surface area contributed by atoms with E-state index in [4.69, 9.17) is 4.74 Å². The summed E-state index contributed by atoms with van der Waals surface area (Å²) >= 11 is 0. The lowest BCUT2D eigenvalue weighted by Crippen LogP contribution is -2.52. The van der Waals surface area contributed by atoms with Gasteiger partial charge >= 0.3 is 5.97 Å². The van der Waals surface area contributed by atoms with Gasteiger partial charge in [-0.1, -0.05) is 6.92 Å². The Morgan fingerprint density at radius 3 is 2.63 bits per heavy atom. The lowest BCUT2D eigenvalue weighted by molar-refractivity contribution is -0.143. The molecular formula is C14H26N2O3. The van der Waals surface area contributed by atoms with Crippen molar-refractivity contribution in [1.82, 2.24) is 9.80 Å². The first-order chi connectivity index (χ1) is 9.13. The molecule has 2 heterocycles. The Hall–Kier alpha value is -0.650. The van der Waals surface area contributed by atoms with Crippen LogP contribution in [0.15, 0.2) is 0 Å². The average molecular weight is 270 g/mol. The van der Waals surface area contributed by atoms with Crippen LogP contribution in [0.5, 0.6) is 0 Å². The topological polar surface area (TPSA) is 53.0 Å². The highest BCUT2D eigenvalue weighted by molar-refractivity contribution is 5.71. The first-order valence-corrected chi connectivity index (χ1v) is 7.38. The highest BCUT2D eigenvalue weighted by Gasteiger charge is 2.40. The molecule has 110 valence electrons. The molecule has 0 aromatic heterocycles. The molecule has 5 heteroatoms. The molecule has 2 rings (SSSR count). The molecule has 2 aliphatic heterocycles. The fourth-order valence-electron chi connectivity index (χ4n) is 3.31. The van der Waals surface area contributed by atoms with E-state index in [1.54, 1.807) is 0 Å². The van der Waals surface area contributed by atoms with E-state index in [9.17, 15) is 9.90 Å². The Balaban J connectivity index is 2.04. The number of aliphatic carboxylic acids is 1. The van der Waals surface area contributed by atoms with Crippen LogP contribution in [-0.2, 0) is 9.53 Å². The zero-order valence-corrected chi connectivity index (χ0v) is 12.0. The predicted octanol–water partition coefficient (Wildman–Crippen LogP) is 0.892. The van der Waals surface area contributed by atoms with Crippen molar-refractivity contribution >= 4 is 5.97 Å². The number of hydrogen-bond donors (Lipinski definition) is 1. The summed E-state index contributed by atoms with van der Waals surface area (Å²) < 4.78 is 5.44. The normalized spacial score (nSPS) is 30.1. The molecule has 2 fully saturated rings. The number of hydrogen-bond acceptors (Lipinski definition) is 4. The first kappa shape index (κ1) is 14.8. The van der Waals surface area contributed by atoms with Gasteiger partial charge in [-0.15, -0.1) is 0 Å². The SMILES string of the molecule is CCCN(C1CCN(C)CC1)C1COCC1C(=O)O. The summed E-state index contributed by atoms with van der Waals surface area (Å²) in [6.45, 7) is 6.29. The number of carboxylic acid groups (broad SMARTS) is 1. The molecule has 5 nitrogen and oxygen atoms in total. The molecule has 2 aliphatic rings. The van der Waals surface area contributed by atoms with Gasteiger partial charge in [0.15, 0.2) is 0 Å². The highest BCUT2D eigenvalue weighted by atomic mass is 16.5. The number of piperidine rings is 1. The Kier molecular flexibility index (Phi) is 5.19. The molecule has 1 N–H and O–H groups in total. The van der Waals surface area contributed by atoms with Crippen LogP contribution in [0.3, 0.4) is 0 Å². The summed E-state index contributed by atoms with van der Waals surface area (Å²) in [6, 6.07) is 0.579. The van der Waals surface area contributed by atoms with Crippen LogP contribution < -0.4 is 0 Å². The van der Waals surface area contributed by atoms with Gasteiger partial charge in [0.05, 0.1) is 19.1 Å². The standard InChI is InChI=1S/C14H26N2O3/c1-3-6-16(11-4-7-15(2)8-5-11)13-10-19-9-12(13)14(17)18/h11-13H,3-10H2,1-2H3,(H,17,18). The monoisotopic (exact) mass is 270 g/mol. The Morgan fingerprint density at radius 2 is 2.05 bits per heavy atom. The van der Waals surface area contributed by atoms with E-state index in [1.807, 2.05) is 0 Å². The van der Waals surface area contributed by atoms with Gasteiger partial charge in [-0.2, -0.15) is 0 Å². The smallest absolute Gasteiger partial charge is 0.310 e. The second-order valence-electron chi connectivity index (χ2n) is 5.82. The minimum atomic E-state index is -0.712. The van der Waals surface area contributed by atoms with E-state index in [-0.39, 0.29) is 12.0 Å². The molecule has 0 spiro atoms. The zero-order chi connectivity index (χ0) is 13.8. The van der Waals surface area contributed by atoms with Gasteiger partial charge in [-0.3, -0.25) is 9.69 Å². The molecule has 0 bridgehead atoms. The second-order valence-corrected chi connectivity index (χ2v) is 5.82. The van der Waals surface area contributed by atoms with Crippen LogP contribution in [0.4, 0.5) is 0 Å². The molecule has 2 atom stereocenters. The van der Waals surface area contributed by atoms with Crippen molar-refractivity contribution in [2.75, 3.05) is 39.9 Å². The number of carboxylic acids is 1. The van der Waals surface area contributed by atoms with Crippen LogP contribution in [0.1, 0.15) is 26.2 Å². The molecule has 0 aromatic rings. The summed E-state index contributed by atoms with van der Waals surface area (Å²) in [4.78, 5) is 16.1. The van der Waals surface area contributed by atoms with E-state index in [0.717, 1.165) is 38.9 Å². The first-order valence-electron chi connectivity index (χ1n) is 7.38. The third-order valence-corrected chi connectivity index (χ3v) is 4.43. The molecule has 0 radical (unpaired) electrons. The Labute approximate surface area is 115 Å². The summed E-state index contributed by atoms with van der Waals surface area (Å²) in [5.41, 5.74) is 0. The molecule has 0 aromatic carbocycles. The van der Waals surface area contributed by atoms with Gasteiger partial charge < -0.3 is 14.7 Å². The third-order valence-electron chi connectivity index (χ3n) is 4.43. The van der Waals surface area contributed by atoms with Crippen LogP contribution >= 0.6 is 0 Å². The van der Waals surface area contributed by atoms with Crippen LogP contribution in [0, 0.1) is 5.92 Å². The lowest BCUT2D eigenvalue weighted by atomic mass is 9.96. The third kappa shape index (κ3) is 3.46. The molecule has 19 heavy (non-hydrogen) atoms. The van der Waals surface area contributed by atoms with Crippen molar-refractivity contribution in [2.24, 2.45) is 5.92 Å². The van der Waals surface area contributed by atoms with E-state index in [0.29, 0.717) is 19.3 Å². The minimum Gasteiger partial charge on any atom is -0.481 e. The van der Waals surface area contributed by atoms with Crippen LogP contribution in [0.2, 0.25) is 0 Å². The number of rotatable bonds is 5. The summed E-state index contributed by atoms with van der Waals surface area (Å²) in [6.07, 6.45) is 3.34. The fraction of sp³-hybridized carbons (Fsp3) is 0.929. The second kappa shape index (κ2) is 6.68. The molecular weight excluding hydrogens is 244 g/mol. The van der Waals surface area contributed by atoms with E-state index < -0.39 is 5.97 Å². The quantitative estimate of drug-likeness (QED) is 0.804. The van der Waals surface area contributed by atoms with Crippen LogP contribution in [-0.4, -0.2) is 72.9 Å². The molecule has 0 aliphatic carbocycles. The zero-order valence-electron chi connectivity index (χ0n) is 12.0. The predicted molar refractivity (Wildman–Crippen MR) is 73.2 cm³/mol. The van der Waals surface area contributed by atoms with E-state index >= 15 is 0 Å². The summed E-state index contributed by atoms with van der Waals surface area (Å²) in [7, 11) is 2.15. The van der Waals surface area contributed by atoms with Gasteiger partial charge in [0.1, 0.15) is 0 Å². The minimum absolute atomic E-state index is 0.0610. The van der Waals surface area contributed by atoms with Gasteiger partial charge in [0.25, 0.3) is 0 Å². The maximum atomic E-state index is 11.3. The van der Waals surface area contributed by atoms with E-state index in [1.165, 1.54) is 0 Å². The molecule has 0 saturated carbocycles. The van der Waals surface area contributed by atoms with Gasteiger partial charge in [-0.05, 0) is 45.9 Å². The molecule has 2 unspecified atom stereocenters. The van der Waals surface area contributed by atoms with Crippen molar-refractivity contribution in [1.29, 1.82) is 0 Å². The molecule has 0 amide bonds. The van der Waals surface area contributed by atoms with Crippen LogP contribution in [0.25, 0.3) is 0 Å². The van der Waals surface area contributed by atoms with Crippen molar-refractivity contribution in [3.8, 4) is 0 Å². The summed E-state index contributed by atoms with van der Waals surface area (Å²) in [5.74, 6) is -1.07. The maximum Gasteiger partial charge on any atom is 0.310 e. The molecule has 2 saturated heterocycles. The van der Waals surface area contributed by atoms with Crippen molar-refractivity contribution in [3.05, 3.63) is 0 Å². The number of carbonyl (C=O) groups is 1. The van der Waals surface area contributed by atoms with E-state index in [2.05, 4.69) is 23.8 Å². The average Bonchev–Trinajstić information content (AvgIpc) is 2.86. The van der Waals surface area contributed by atoms with Gasteiger partial charge in [0, 0.05) is 12.1 Å². The fourth-order valence-corrected chi connectivity index (χ4v) is 3.31. The summed E-state index contributed by atoms with van der Waals surface area (Å²) in [5, 5.41) is 9.33. The lowest BCUT2D eigenvalue weighted by Gasteiger charge is -2.41. The maximum absolute atomic E-state index is 11.3. The Morgan fingerprint density at radius 1 is 1.37 bits per heavy atom. The number of likely N-dealkylation sites (tertiary alicyclic amines) is 1.